The van der Waals surface area contributed by atoms with E-state index in [-0.39, 0.29) is 56.2 Å². The molecule has 6 aromatic carbocycles. The van der Waals surface area contributed by atoms with Gasteiger partial charge in [-0.2, -0.15) is 0 Å². The molecule has 6 N–H and O–H groups in total. The molecule has 0 aliphatic carbocycles. The highest BCUT2D eigenvalue weighted by Crippen LogP contribution is 2.47. The third-order valence-electron chi connectivity index (χ3n) is 12.5. The average Bonchev–Trinajstić information content (AvgIpc) is 3.19. The van der Waals surface area contributed by atoms with Gasteiger partial charge in [0.15, 0.2) is 0 Å². The van der Waals surface area contributed by atoms with Crippen molar-refractivity contribution < 1.29 is 30.6 Å². The number of hydrogen-bond donors (Lipinski definition) is 6. The van der Waals surface area contributed by atoms with Gasteiger partial charge in [-0.05, 0) is 165 Å². The number of benzene rings is 6. The molecule has 60 heavy (non-hydrogen) atoms. The molecule has 0 bridgehead atoms. The summed E-state index contributed by atoms with van der Waals surface area (Å²) in [6.45, 7) is 18.0. The summed E-state index contributed by atoms with van der Waals surface area (Å²) in [5.74, 6) is 2.23. The molecule has 4 atom stereocenters. The van der Waals surface area contributed by atoms with Crippen LogP contribution in [-0.4, -0.2) is 30.6 Å². The van der Waals surface area contributed by atoms with E-state index < -0.39 is 0 Å². The van der Waals surface area contributed by atoms with E-state index in [9.17, 15) is 30.6 Å². The number of aromatic hydroxyl groups is 6. The van der Waals surface area contributed by atoms with Gasteiger partial charge < -0.3 is 30.6 Å². The Morgan fingerprint density at radius 2 is 0.517 bits per heavy atom. The van der Waals surface area contributed by atoms with Crippen LogP contribution >= 0.6 is 0 Å². The Morgan fingerprint density at radius 1 is 0.317 bits per heavy atom. The van der Waals surface area contributed by atoms with Crippen LogP contribution in [0.1, 0.15) is 126 Å². The summed E-state index contributed by atoms with van der Waals surface area (Å²) < 4.78 is 0. The van der Waals surface area contributed by atoms with Gasteiger partial charge in [0.1, 0.15) is 34.5 Å². The Balaban J connectivity index is 0.000000228. The van der Waals surface area contributed by atoms with Crippen LogP contribution in [-0.2, 0) is 21.7 Å². The second-order valence-corrected chi connectivity index (χ2v) is 18.8. The van der Waals surface area contributed by atoms with E-state index in [0.29, 0.717) is 11.8 Å². The summed E-state index contributed by atoms with van der Waals surface area (Å²) in [6, 6.07) is 45.0. The van der Waals surface area contributed by atoms with Crippen LogP contribution in [0.15, 0.2) is 146 Å². The smallest absolute Gasteiger partial charge is 0.115 e. The first-order chi connectivity index (χ1) is 28.2. The van der Waals surface area contributed by atoms with Crippen molar-refractivity contribution in [2.75, 3.05) is 0 Å². The summed E-state index contributed by atoms with van der Waals surface area (Å²) in [6.07, 6.45) is 3.64. The molecule has 0 spiro atoms. The highest BCUT2D eigenvalue weighted by molar-refractivity contribution is 5.39. The van der Waals surface area contributed by atoms with Crippen molar-refractivity contribution in [1.29, 1.82) is 0 Å². The van der Waals surface area contributed by atoms with E-state index in [1.165, 1.54) is 33.4 Å². The second kappa shape index (κ2) is 18.6. The molecular formula is C54H64O6. The molecule has 0 heterocycles. The molecule has 316 valence electrons. The zero-order chi connectivity index (χ0) is 43.9. The predicted molar refractivity (Wildman–Crippen MR) is 245 cm³/mol. The average molecular weight is 809 g/mol. The Labute approximate surface area is 357 Å². The summed E-state index contributed by atoms with van der Waals surface area (Å²) in [5, 5.41) is 58.2. The Bertz CT molecular complexity index is 2080. The lowest BCUT2D eigenvalue weighted by Crippen LogP contribution is -2.33. The van der Waals surface area contributed by atoms with E-state index >= 15 is 0 Å². The molecule has 0 amide bonds. The minimum atomic E-state index is -0.146. The molecule has 0 radical (unpaired) electrons. The summed E-state index contributed by atoms with van der Waals surface area (Å²) in [4.78, 5) is 0. The molecule has 4 unspecified atom stereocenters. The minimum Gasteiger partial charge on any atom is -0.508 e. The van der Waals surface area contributed by atoms with Gasteiger partial charge in [0.05, 0.1) is 0 Å². The zero-order valence-electron chi connectivity index (χ0n) is 36.5. The Kier molecular flexibility index (Phi) is 14.0. The number of phenols is 6. The molecule has 0 aromatic heterocycles. The van der Waals surface area contributed by atoms with Crippen LogP contribution < -0.4 is 0 Å². The van der Waals surface area contributed by atoms with Crippen molar-refractivity contribution in [3.8, 4) is 34.5 Å². The largest absolute Gasteiger partial charge is 0.508 e. The molecule has 0 saturated carbocycles. The van der Waals surface area contributed by atoms with Gasteiger partial charge in [0, 0.05) is 0 Å². The van der Waals surface area contributed by atoms with Crippen molar-refractivity contribution in [1.82, 2.24) is 0 Å². The van der Waals surface area contributed by atoms with Crippen molar-refractivity contribution in [2.45, 2.75) is 115 Å². The first kappa shape index (κ1) is 45.2. The molecule has 6 aromatic rings. The van der Waals surface area contributed by atoms with Crippen LogP contribution in [0.5, 0.6) is 34.5 Å². The quantitative estimate of drug-likeness (QED) is 0.0652. The first-order valence-electron chi connectivity index (χ1n) is 20.9. The number of hydrogen-bond acceptors (Lipinski definition) is 6. The van der Waals surface area contributed by atoms with Crippen LogP contribution in [0, 0.1) is 0 Å². The van der Waals surface area contributed by atoms with Gasteiger partial charge in [-0.15, -0.1) is 0 Å². The number of rotatable bonds is 14. The van der Waals surface area contributed by atoms with E-state index in [1.54, 1.807) is 72.8 Å². The number of phenolic OH excluding ortho intramolecular Hbond substituents is 6. The van der Waals surface area contributed by atoms with Gasteiger partial charge in [-0.3, -0.25) is 0 Å². The molecule has 0 aliphatic heterocycles. The highest BCUT2D eigenvalue weighted by atomic mass is 16.3. The summed E-state index contributed by atoms with van der Waals surface area (Å²) >= 11 is 0. The Morgan fingerprint density at radius 3 is 0.750 bits per heavy atom. The van der Waals surface area contributed by atoms with Crippen molar-refractivity contribution >= 4 is 0 Å². The lowest BCUT2D eigenvalue weighted by Gasteiger charge is -2.40. The molecule has 6 rings (SSSR count). The van der Waals surface area contributed by atoms with E-state index in [0.717, 1.165) is 25.7 Å². The molecule has 0 aliphatic rings. The summed E-state index contributed by atoms with van der Waals surface area (Å²) in [5.41, 5.74) is 6.62. The molecule has 0 fully saturated rings. The lowest BCUT2D eigenvalue weighted by atomic mass is 9.64. The molecule has 6 heteroatoms. The predicted octanol–water partition coefficient (Wildman–Crippen LogP) is 13.2. The maximum atomic E-state index is 9.80. The fourth-order valence-electron chi connectivity index (χ4n) is 9.48. The van der Waals surface area contributed by atoms with E-state index in [2.05, 4.69) is 55.4 Å². The summed E-state index contributed by atoms with van der Waals surface area (Å²) in [7, 11) is 0. The fourth-order valence-corrected chi connectivity index (χ4v) is 9.48. The van der Waals surface area contributed by atoms with Crippen molar-refractivity contribution in [3.05, 3.63) is 179 Å². The van der Waals surface area contributed by atoms with Crippen molar-refractivity contribution in [3.63, 3.8) is 0 Å². The second-order valence-electron chi connectivity index (χ2n) is 18.8. The van der Waals surface area contributed by atoms with Crippen LogP contribution in [0.2, 0.25) is 0 Å². The monoisotopic (exact) mass is 808 g/mol. The first-order valence-corrected chi connectivity index (χ1v) is 20.9. The maximum Gasteiger partial charge on any atom is 0.115 e. The van der Waals surface area contributed by atoms with Gasteiger partial charge in [-0.25, -0.2) is 0 Å². The standard InChI is InChI=1S/2C27H32O3/c2*1-19(20-5-11-23(28)12-6-20)17-27(4,22-9-15-25(30)16-10-22)18-26(2,3)21-7-13-24(29)14-8-21/h2*5-16,19,28-30H,17-18H2,1-4H3. The van der Waals surface area contributed by atoms with Gasteiger partial charge in [0.25, 0.3) is 0 Å². The van der Waals surface area contributed by atoms with Gasteiger partial charge in [-0.1, -0.05) is 128 Å². The Hall–Kier alpha value is -5.88. The minimum absolute atomic E-state index is 0.116. The van der Waals surface area contributed by atoms with Crippen molar-refractivity contribution in [2.24, 2.45) is 0 Å². The SMILES string of the molecule is CC(CC(C)(CC(C)(C)c1ccc(O)cc1)c1ccc(O)cc1)c1ccc(O)cc1.CC(CC(C)(CC(C)(C)c1ccc(O)cc1)c1ccc(O)cc1)c1ccc(O)cc1. The van der Waals surface area contributed by atoms with Gasteiger partial charge in [0.2, 0.25) is 0 Å². The van der Waals surface area contributed by atoms with Crippen LogP contribution in [0.4, 0.5) is 0 Å². The van der Waals surface area contributed by atoms with E-state index in [1.807, 2.05) is 72.8 Å². The maximum absolute atomic E-state index is 9.80. The van der Waals surface area contributed by atoms with Gasteiger partial charge >= 0.3 is 0 Å². The molecular weight excluding hydrogens is 745 g/mol. The van der Waals surface area contributed by atoms with E-state index in [4.69, 9.17) is 0 Å². The van der Waals surface area contributed by atoms with Crippen LogP contribution in [0.25, 0.3) is 0 Å². The normalized spacial score (nSPS) is 14.8. The zero-order valence-corrected chi connectivity index (χ0v) is 36.5. The molecule has 6 nitrogen and oxygen atoms in total. The third-order valence-corrected chi connectivity index (χ3v) is 12.5. The van der Waals surface area contributed by atoms with Crippen LogP contribution in [0.3, 0.4) is 0 Å². The fraction of sp³-hybridized carbons (Fsp3) is 0.333. The highest BCUT2D eigenvalue weighted by Gasteiger charge is 2.38. The lowest BCUT2D eigenvalue weighted by molar-refractivity contribution is 0.292. The topological polar surface area (TPSA) is 121 Å². The third kappa shape index (κ3) is 11.7. The molecule has 0 saturated heterocycles.